The molecule has 3 aromatic heterocycles. The molecule has 9 nitrogen and oxygen atoms in total. The van der Waals surface area contributed by atoms with Crippen LogP contribution in [0.5, 0.6) is 0 Å². The van der Waals surface area contributed by atoms with Gasteiger partial charge in [0.15, 0.2) is 17.0 Å². The van der Waals surface area contributed by atoms with E-state index in [1.807, 2.05) is 6.07 Å². The average molecular weight is 439 g/mol. The van der Waals surface area contributed by atoms with Gasteiger partial charge < -0.3 is 14.0 Å². The number of rotatable bonds is 5. The number of fused-ring (bicyclic) bond motifs is 2. The van der Waals surface area contributed by atoms with E-state index in [2.05, 4.69) is 25.0 Å². The number of aromatic nitrogens is 6. The van der Waals surface area contributed by atoms with E-state index in [4.69, 9.17) is 4.52 Å². The first kappa shape index (κ1) is 19.1. The minimum Gasteiger partial charge on any atom is -0.371 e. The Morgan fingerprint density at radius 3 is 2.75 bits per heavy atom. The molecule has 0 bridgehead atoms. The van der Waals surface area contributed by atoms with E-state index in [0.29, 0.717) is 34.7 Å². The van der Waals surface area contributed by atoms with Crippen LogP contribution in [0.1, 0.15) is 29.6 Å². The zero-order valence-corrected chi connectivity index (χ0v) is 17.1. The molecule has 0 radical (unpaired) electrons. The van der Waals surface area contributed by atoms with Gasteiger partial charge in [0.05, 0.1) is 6.33 Å². The summed E-state index contributed by atoms with van der Waals surface area (Å²) in [4.78, 5) is 27.6. The summed E-state index contributed by atoms with van der Waals surface area (Å²) in [5.74, 6) is 1.91. The Morgan fingerprint density at radius 1 is 1.19 bits per heavy atom. The molecule has 0 unspecified atom stereocenters. The highest BCUT2D eigenvalue weighted by Gasteiger charge is 2.58. The van der Waals surface area contributed by atoms with Gasteiger partial charge >= 0.3 is 0 Å². The van der Waals surface area contributed by atoms with E-state index in [-0.39, 0.29) is 23.6 Å². The van der Waals surface area contributed by atoms with E-state index < -0.39 is 6.43 Å². The molecule has 1 aliphatic carbocycles. The largest absolute Gasteiger partial charge is 0.371 e. The van der Waals surface area contributed by atoms with Gasteiger partial charge in [-0.1, -0.05) is 17.3 Å². The number of anilines is 1. The summed E-state index contributed by atoms with van der Waals surface area (Å²) in [7, 11) is 1.74. The smallest absolute Gasteiger partial charge is 0.280 e. The molecule has 2 aliphatic rings. The summed E-state index contributed by atoms with van der Waals surface area (Å²) in [5, 5.41) is 4.13. The highest BCUT2D eigenvalue weighted by Crippen LogP contribution is 2.58. The molecule has 0 amide bonds. The SMILES string of the molecule is Cn1cnc2ncn(Cc3nc([C@@H]4[C@@H]5CN(c6cccc(C(F)F)c6)C[C@@H]54)no3)c(=O)c21. The highest BCUT2D eigenvalue weighted by atomic mass is 19.3. The Hall–Kier alpha value is -3.63. The van der Waals surface area contributed by atoms with Gasteiger partial charge in [-0.25, -0.2) is 18.7 Å². The Labute approximate surface area is 180 Å². The molecule has 0 spiro atoms. The number of alkyl halides is 2. The van der Waals surface area contributed by atoms with Gasteiger partial charge in [-0.05, 0) is 24.0 Å². The third-order valence-corrected chi connectivity index (χ3v) is 6.47. The van der Waals surface area contributed by atoms with E-state index >= 15 is 0 Å². The van der Waals surface area contributed by atoms with Crippen LogP contribution in [0, 0.1) is 11.8 Å². The normalized spacial score (nSPS) is 22.1. The third-order valence-electron chi connectivity index (χ3n) is 6.47. The van der Waals surface area contributed by atoms with Crippen molar-refractivity contribution in [1.29, 1.82) is 0 Å². The lowest BCUT2D eigenvalue weighted by Crippen LogP contribution is -2.24. The number of imidazole rings is 1. The van der Waals surface area contributed by atoms with Crippen LogP contribution in [0.15, 0.2) is 46.2 Å². The van der Waals surface area contributed by atoms with E-state index in [1.54, 1.807) is 30.1 Å². The lowest BCUT2D eigenvalue weighted by atomic mass is 10.1. The first-order valence-electron chi connectivity index (χ1n) is 10.3. The third kappa shape index (κ3) is 2.99. The van der Waals surface area contributed by atoms with Crippen molar-refractivity contribution in [1.82, 2.24) is 29.2 Å². The Morgan fingerprint density at radius 2 is 1.97 bits per heavy atom. The molecule has 4 heterocycles. The second-order valence-corrected chi connectivity index (χ2v) is 8.41. The minimum atomic E-state index is -2.47. The zero-order valence-electron chi connectivity index (χ0n) is 17.1. The van der Waals surface area contributed by atoms with Crippen LogP contribution in [0.2, 0.25) is 0 Å². The molecule has 3 atom stereocenters. The van der Waals surface area contributed by atoms with Crippen molar-refractivity contribution in [2.24, 2.45) is 18.9 Å². The molecular formula is C21H19F2N7O2. The lowest BCUT2D eigenvalue weighted by molar-refractivity contribution is 0.151. The fourth-order valence-electron chi connectivity index (χ4n) is 4.78. The summed E-state index contributed by atoms with van der Waals surface area (Å²) in [6, 6.07) is 6.54. The number of piperidine rings is 1. The van der Waals surface area contributed by atoms with Gasteiger partial charge in [0, 0.05) is 37.3 Å². The van der Waals surface area contributed by atoms with Crippen LogP contribution < -0.4 is 10.5 Å². The molecule has 6 rings (SSSR count). The molecule has 4 aromatic rings. The molecule has 0 N–H and O–H groups in total. The molecule has 164 valence electrons. The van der Waals surface area contributed by atoms with Crippen LogP contribution in [0.4, 0.5) is 14.5 Å². The number of aryl methyl sites for hydroxylation is 1. The quantitative estimate of drug-likeness (QED) is 0.471. The number of nitrogens with zero attached hydrogens (tertiary/aromatic N) is 7. The second kappa shape index (κ2) is 6.94. The van der Waals surface area contributed by atoms with Crippen LogP contribution in [-0.2, 0) is 13.6 Å². The van der Waals surface area contributed by atoms with Crippen molar-refractivity contribution in [2.75, 3.05) is 18.0 Å². The van der Waals surface area contributed by atoms with Gasteiger partial charge in [-0.2, -0.15) is 4.98 Å². The average Bonchev–Trinajstić information content (AvgIpc) is 3.21. The Bertz CT molecular complexity index is 1370. The molecular weight excluding hydrogens is 420 g/mol. The summed E-state index contributed by atoms with van der Waals surface area (Å²) >= 11 is 0. The first-order valence-corrected chi connectivity index (χ1v) is 10.3. The molecule has 2 fully saturated rings. The molecule has 1 saturated carbocycles. The summed E-state index contributed by atoms with van der Waals surface area (Å²) in [6.07, 6.45) is 0.505. The van der Waals surface area contributed by atoms with Crippen molar-refractivity contribution in [3.05, 3.63) is 64.6 Å². The fraction of sp³-hybridized carbons (Fsp3) is 0.381. The van der Waals surface area contributed by atoms with Crippen LogP contribution >= 0.6 is 0 Å². The van der Waals surface area contributed by atoms with Gasteiger partial charge in [0.25, 0.3) is 12.0 Å². The Kier molecular flexibility index (Phi) is 4.14. The van der Waals surface area contributed by atoms with Crippen molar-refractivity contribution < 1.29 is 13.3 Å². The monoisotopic (exact) mass is 439 g/mol. The Balaban J connectivity index is 1.15. The predicted molar refractivity (Wildman–Crippen MR) is 110 cm³/mol. The van der Waals surface area contributed by atoms with Gasteiger partial charge in [0.1, 0.15) is 12.9 Å². The second-order valence-electron chi connectivity index (χ2n) is 8.41. The van der Waals surface area contributed by atoms with Crippen LogP contribution in [0.25, 0.3) is 11.2 Å². The number of benzene rings is 1. The highest BCUT2D eigenvalue weighted by molar-refractivity contribution is 5.68. The molecule has 1 saturated heterocycles. The molecule has 1 aliphatic heterocycles. The maximum Gasteiger partial charge on any atom is 0.280 e. The van der Waals surface area contributed by atoms with Gasteiger partial charge in [-0.3, -0.25) is 9.36 Å². The number of halogens is 2. The topological polar surface area (TPSA) is 94.9 Å². The zero-order chi connectivity index (χ0) is 22.0. The molecule has 11 heteroatoms. The van der Waals surface area contributed by atoms with Crippen molar-refractivity contribution in [3.8, 4) is 0 Å². The van der Waals surface area contributed by atoms with Crippen LogP contribution in [0.3, 0.4) is 0 Å². The van der Waals surface area contributed by atoms with Crippen molar-refractivity contribution in [3.63, 3.8) is 0 Å². The molecule has 32 heavy (non-hydrogen) atoms. The molecule has 1 aromatic carbocycles. The lowest BCUT2D eigenvalue weighted by Gasteiger charge is -2.22. The van der Waals surface area contributed by atoms with Crippen molar-refractivity contribution in [2.45, 2.75) is 18.9 Å². The summed E-state index contributed by atoms with van der Waals surface area (Å²) in [5.41, 5.74) is 1.45. The van der Waals surface area contributed by atoms with Gasteiger partial charge in [0.2, 0.25) is 5.89 Å². The first-order chi connectivity index (χ1) is 15.5. The maximum absolute atomic E-state index is 13.0. The van der Waals surface area contributed by atoms with E-state index in [1.165, 1.54) is 17.0 Å². The number of hydrogen-bond donors (Lipinski definition) is 0. The van der Waals surface area contributed by atoms with Gasteiger partial charge in [-0.15, -0.1) is 0 Å². The van der Waals surface area contributed by atoms with E-state index in [9.17, 15) is 13.6 Å². The fourth-order valence-corrected chi connectivity index (χ4v) is 4.78. The summed E-state index contributed by atoms with van der Waals surface area (Å²) in [6.45, 7) is 1.67. The van der Waals surface area contributed by atoms with E-state index in [0.717, 1.165) is 18.8 Å². The standard InChI is InChI=1S/C21H19F2N7O2/c1-28-9-24-20-17(28)21(31)30(10-25-20)8-15-26-19(27-32-15)16-13-6-29(7-14(13)16)12-4-2-3-11(5-12)18(22)23/h2-5,9-10,13-14,16,18H,6-8H2,1H3/t13-,14+,16-. The van der Waals surface area contributed by atoms with Crippen molar-refractivity contribution >= 4 is 16.9 Å². The maximum atomic E-state index is 13.0. The summed E-state index contributed by atoms with van der Waals surface area (Å²) < 4.78 is 34.4. The van der Waals surface area contributed by atoms with Crippen LogP contribution in [-0.4, -0.2) is 42.3 Å². The minimum absolute atomic E-state index is 0.0384. The number of hydrogen-bond acceptors (Lipinski definition) is 7. The predicted octanol–water partition coefficient (Wildman–Crippen LogP) is 2.35.